The minimum absolute atomic E-state index is 0.0758. The van der Waals surface area contributed by atoms with Gasteiger partial charge in [0.1, 0.15) is 0 Å². The topological polar surface area (TPSA) is 55.1 Å². The van der Waals surface area contributed by atoms with Crippen LogP contribution in [0.1, 0.15) is 85.9 Å². The van der Waals surface area contributed by atoms with Crippen LogP contribution >= 0.6 is 10.5 Å². The van der Waals surface area contributed by atoms with Crippen LogP contribution in [-0.4, -0.2) is 30.3 Å². The van der Waals surface area contributed by atoms with Crippen LogP contribution in [0.2, 0.25) is 0 Å². The van der Waals surface area contributed by atoms with E-state index in [1.165, 1.54) is 33.0 Å². The molecule has 3 aromatic carbocycles. The Kier molecular flexibility index (Phi) is 27.5. The maximum atomic E-state index is 8.58. The fraction of sp³-hybridized carbons (Fsp3) is 0.409. The average molecular weight is 671 g/mol. The summed E-state index contributed by atoms with van der Waals surface area (Å²) in [6.07, 6.45) is 21.6. The highest BCUT2D eigenvalue weighted by molar-refractivity contribution is 8.13. The van der Waals surface area contributed by atoms with E-state index in [-0.39, 0.29) is 34.3 Å². The van der Waals surface area contributed by atoms with Gasteiger partial charge in [-0.15, -0.1) is 6.42 Å². The zero-order chi connectivity index (χ0) is 37.0. The van der Waals surface area contributed by atoms with Gasteiger partial charge < -0.3 is 5.73 Å². The Morgan fingerprint density at radius 3 is 2.06 bits per heavy atom. The lowest BCUT2D eigenvalue weighted by atomic mass is 9.85. The first-order valence-corrected chi connectivity index (χ1v) is 19.4. The molecule has 3 aromatic rings. The summed E-state index contributed by atoms with van der Waals surface area (Å²) in [7, 11) is 0.219. The molecule has 0 aliphatic rings. The molecule has 0 aliphatic carbocycles. The Labute approximate surface area is 298 Å². The first kappa shape index (κ1) is 46.5. The van der Waals surface area contributed by atoms with Crippen molar-refractivity contribution in [1.82, 2.24) is 5.32 Å². The zero-order valence-electron chi connectivity index (χ0n) is 32.0. The Balaban J connectivity index is 0. The number of fused-ring (bicyclic) bond motifs is 1. The van der Waals surface area contributed by atoms with Gasteiger partial charge in [-0.3, -0.25) is 10.1 Å². The molecule has 3 nitrogen and oxygen atoms in total. The quantitative estimate of drug-likeness (QED) is 0.0872. The van der Waals surface area contributed by atoms with Crippen molar-refractivity contribution in [1.29, 1.82) is 0 Å². The summed E-state index contributed by atoms with van der Waals surface area (Å²) in [5.74, 6) is 8.51. The number of aryl methyl sites for hydroxylation is 1. The van der Waals surface area contributed by atoms with Crippen molar-refractivity contribution in [3.63, 3.8) is 0 Å². The van der Waals surface area contributed by atoms with Gasteiger partial charge in [0.2, 0.25) is 6.41 Å². The van der Waals surface area contributed by atoms with E-state index in [9.17, 15) is 0 Å². The summed E-state index contributed by atoms with van der Waals surface area (Å²) >= 11 is 0. The molecule has 4 heteroatoms. The first-order valence-electron chi connectivity index (χ1n) is 17.5. The lowest BCUT2D eigenvalue weighted by Gasteiger charge is -2.23. The smallest absolute Gasteiger partial charge is 0.204 e. The summed E-state index contributed by atoms with van der Waals surface area (Å²) in [5, 5.41) is 6.23. The van der Waals surface area contributed by atoms with E-state index < -0.39 is 0 Å². The van der Waals surface area contributed by atoms with Crippen LogP contribution in [0, 0.1) is 23.7 Å². The number of hydrogen-bond donors (Lipinski definition) is 2. The van der Waals surface area contributed by atoms with Gasteiger partial charge in [0.05, 0.1) is 6.04 Å². The average Bonchev–Trinajstić information content (AvgIpc) is 3.10. The van der Waals surface area contributed by atoms with E-state index in [0.29, 0.717) is 0 Å². The van der Waals surface area contributed by atoms with Crippen LogP contribution < -0.4 is 11.1 Å². The second kappa shape index (κ2) is 28.4. The third-order valence-corrected chi connectivity index (χ3v) is 7.98. The van der Waals surface area contributed by atoms with Crippen molar-refractivity contribution in [2.45, 2.75) is 94.7 Å². The summed E-state index contributed by atoms with van der Waals surface area (Å²) in [6, 6.07) is 24.0. The number of carbonyl (C=O) groups excluding carboxylic acids is 1. The number of terminal acetylenes is 1. The number of nitrogens with one attached hydrogen (secondary N) is 1. The van der Waals surface area contributed by atoms with Gasteiger partial charge in [-0.25, -0.2) is 0 Å². The molecule has 0 saturated carbocycles. The molecule has 0 aromatic heterocycles. The van der Waals surface area contributed by atoms with Gasteiger partial charge in [0.25, 0.3) is 0 Å². The number of nitrogens with two attached hydrogens (primary N) is 1. The number of benzene rings is 3. The van der Waals surface area contributed by atoms with Crippen molar-refractivity contribution in [3.8, 4) is 12.3 Å². The molecule has 0 aliphatic heterocycles. The predicted octanol–water partition coefficient (Wildman–Crippen LogP) is 10.9. The molecule has 0 fully saturated rings. The molecule has 3 atom stereocenters. The fourth-order valence-electron chi connectivity index (χ4n) is 4.74. The molecule has 0 bridgehead atoms. The molecule has 48 heavy (non-hydrogen) atoms. The molecule has 3 unspecified atom stereocenters. The van der Waals surface area contributed by atoms with Crippen molar-refractivity contribution >= 4 is 33.5 Å². The summed E-state index contributed by atoms with van der Waals surface area (Å²) in [4.78, 5) is 8.58. The fourth-order valence-corrected chi connectivity index (χ4v) is 5.32. The maximum absolute atomic E-state index is 8.58. The molecular weight excluding hydrogens is 605 g/mol. The minimum atomic E-state index is -0.0960. The Hall–Kier alpha value is -3.65. The first-order chi connectivity index (χ1) is 23.1. The van der Waals surface area contributed by atoms with E-state index >= 15 is 0 Å². The van der Waals surface area contributed by atoms with Gasteiger partial charge >= 0.3 is 0 Å². The second-order valence-corrected chi connectivity index (χ2v) is 13.4. The molecule has 3 N–H and O–H groups in total. The van der Waals surface area contributed by atoms with Crippen molar-refractivity contribution < 1.29 is 4.79 Å². The molecule has 0 radical (unpaired) electrons. The highest BCUT2D eigenvalue weighted by Gasteiger charge is 2.18. The number of allylic oxidation sites excluding steroid dienone is 5. The third kappa shape index (κ3) is 18.6. The van der Waals surface area contributed by atoms with Crippen molar-refractivity contribution in [3.05, 3.63) is 119 Å². The number of primary amides is 1. The van der Waals surface area contributed by atoms with E-state index in [1.807, 2.05) is 41.5 Å². The lowest BCUT2D eigenvalue weighted by Crippen LogP contribution is -2.35. The van der Waals surface area contributed by atoms with E-state index in [4.69, 9.17) is 11.2 Å². The van der Waals surface area contributed by atoms with Gasteiger partial charge in [-0.05, 0) is 70.2 Å². The molecule has 0 saturated heterocycles. The largest absolute Gasteiger partial charge is 0.372 e. The highest BCUT2D eigenvalue weighted by Crippen LogP contribution is 2.27. The van der Waals surface area contributed by atoms with E-state index in [1.54, 1.807) is 0 Å². The van der Waals surface area contributed by atoms with Crippen LogP contribution in [0.5, 0.6) is 0 Å². The highest BCUT2D eigenvalue weighted by atomic mass is 32.2. The molecule has 264 valence electrons. The van der Waals surface area contributed by atoms with Crippen LogP contribution in [0.3, 0.4) is 0 Å². The monoisotopic (exact) mass is 670 g/mol. The lowest BCUT2D eigenvalue weighted by molar-refractivity contribution is -0.106. The number of carbonyl (C=O) groups is 1. The normalized spacial score (nSPS) is 12.8. The van der Waals surface area contributed by atoms with Gasteiger partial charge in [-0.2, -0.15) is 10.5 Å². The Morgan fingerprint density at radius 2 is 1.52 bits per heavy atom. The van der Waals surface area contributed by atoms with Crippen LogP contribution in [-0.2, 0) is 24.2 Å². The maximum Gasteiger partial charge on any atom is 0.204 e. The Bertz CT molecular complexity index is 1410. The van der Waals surface area contributed by atoms with Crippen molar-refractivity contribution in [2.24, 2.45) is 17.1 Å². The standard InChI is InChI=1S/C37H45NS.3C2H6.CH3NO/c1-8-14-34(37(3,4)5)19-13-17-32(27-30-23-21-29(22-24-30)25-26-39(6)7)36(9-2)38-28-33-18-12-16-31-15-10-11-20-35(31)33;3*1-2;2-1-3/h2,8,10-24,32,36,38H,6,25-28H2,1,3-5,7H3;3*1-2H3;1H,(H2,2,3)/b14-8-,17-13+,34-19+;;;;. The van der Waals surface area contributed by atoms with Crippen LogP contribution in [0.25, 0.3) is 10.8 Å². The number of amides is 1. The van der Waals surface area contributed by atoms with Crippen LogP contribution in [0.15, 0.2) is 103 Å². The van der Waals surface area contributed by atoms with E-state index in [2.05, 4.69) is 154 Å². The predicted molar refractivity (Wildman–Crippen MR) is 222 cm³/mol. The molecule has 0 spiro atoms. The van der Waals surface area contributed by atoms with E-state index in [0.717, 1.165) is 25.1 Å². The number of rotatable bonds is 12. The van der Waals surface area contributed by atoms with Gasteiger partial charge in [-0.1, -0.05) is 171 Å². The zero-order valence-corrected chi connectivity index (χ0v) is 32.8. The summed E-state index contributed by atoms with van der Waals surface area (Å²) < 4.78 is 0. The molecule has 0 heterocycles. The molecular formula is C44H66N2OS. The third-order valence-electron chi connectivity index (χ3n) is 7.08. The van der Waals surface area contributed by atoms with Crippen molar-refractivity contribution in [2.75, 3.05) is 12.0 Å². The van der Waals surface area contributed by atoms with Gasteiger partial charge in [0, 0.05) is 12.5 Å². The van der Waals surface area contributed by atoms with Gasteiger partial charge in [0.15, 0.2) is 0 Å². The SMILES string of the molecule is C#CC(NCc1cccc2ccccc12)C(/C=C/C=C(\C=C/C)C(C)(C)C)Cc1ccc(CCS(=C)C)cc1.CC.CC.CC.NC=O. The minimum Gasteiger partial charge on any atom is -0.372 e. The number of hydrogen-bond acceptors (Lipinski definition) is 2. The second-order valence-electron chi connectivity index (χ2n) is 11.5. The molecule has 1 amide bonds. The Morgan fingerprint density at radius 1 is 0.958 bits per heavy atom. The summed E-state index contributed by atoms with van der Waals surface area (Å²) in [6.45, 7) is 21.5. The van der Waals surface area contributed by atoms with Crippen LogP contribution in [0.4, 0.5) is 0 Å². The molecule has 3 rings (SSSR count). The summed E-state index contributed by atoms with van der Waals surface area (Å²) in [5.41, 5.74) is 9.49.